The van der Waals surface area contributed by atoms with Crippen molar-refractivity contribution in [3.05, 3.63) is 36.0 Å². The van der Waals surface area contributed by atoms with Crippen LogP contribution in [-0.2, 0) is 0 Å². The second-order valence-electron chi connectivity index (χ2n) is 5.55. The zero-order chi connectivity index (χ0) is 12.8. The minimum atomic E-state index is 0.174. The summed E-state index contributed by atoms with van der Waals surface area (Å²) in [4.78, 5) is 17.9. The van der Waals surface area contributed by atoms with Gasteiger partial charge in [0.25, 0.3) is 5.91 Å². The molecule has 4 rings (SSSR count). The average Bonchev–Trinajstić information content (AvgIpc) is 3.12. The van der Waals surface area contributed by atoms with Crippen LogP contribution in [0.3, 0.4) is 0 Å². The molecule has 0 spiro atoms. The van der Waals surface area contributed by atoms with E-state index in [1.54, 1.807) is 0 Å². The summed E-state index contributed by atoms with van der Waals surface area (Å²) in [5.74, 6) is 0.825. The number of aromatic nitrogens is 1. The summed E-state index contributed by atoms with van der Waals surface area (Å²) in [5, 5.41) is 4.54. The third-order valence-electron chi connectivity index (χ3n) is 4.51. The summed E-state index contributed by atoms with van der Waals surface area (Å²) < 4.78 is 0. The quantitative estimate of drug-likeness (QED) is 0.813. The summed E-state index contributed by atoms with van der Waals surface area (Å²) in [6, 6.07) is 8.34. The van der Waals surface area contributed by atoms with Crippen molar-refractivity contribution in [3.63, 3.8) is 0 Å². The van der Waals surface area contributed by atoms with E-state index in [1.807, 2.05) is 30.5 Å². The molecule has 0 radical (unpaired) electrons. The Morgan fingerprint density at radius 1 is 1.26 bits per heavy atom. The average molecular weight is 255 g/mol. The second kappa shape index (κ2) is 4.10. The summed E-state index contributed by atoms with van der Waals surface area (Å²) in [6.45, 7) is 2.91. The van der Waals surface area contributed by atoms with Crippen molar-refractivity contribution >= 4 is 16.8 Å². The lowest BCUT2D eigenvalue weighted by Gasteiger charge is -2.23. The van der Waals surface area contributed by atoms with E-state index in [0.717, 1.165) is 42.5 Å². The van der Waals surface area contributed by atoms with Crippen LogP contribution in [0.5, 0.6) is 0 Å². The van der Waals surface area contributed by atoms with Crippen LogP contribution in [-0.4, -0.2) is 41.5 Å². The van der Waals surface area contributed by atoms with Crippen LogP contribution in [0.2, 0.25) is 0 Å². The molecular weight excluding hydrogens is 238 g/mol. The topological polar surface area (TPSA) is 48.1 Å². The van der Waals surface area contributed by atoms with Gasteiger partial charge in [-0.15, -0.1) is 0 Å². The molecule has 4 nitrogen and oxygen atoms in total. The van der Waals surface area contributed by atoms with E-state index >= 15 is 0 Å². The molecule has 2 fully saturated rings. The van der Waals surface area contributed by atoms with Crippen molar-refractivity contribution in [3.8, 4) is 0 Å². The fraction of sp³-hybridized carbons (Fsp3) is 0.400. The number of aromatic amines is 1. The Bertz CT molecular complexity index is 633. The van der Waals surface area contributed by atoms with Gasteiger partial charge >= 0.3 is 0 Å². The smallest absolute Gasteiger partial charge is 0.254 e. The van der Waals surface area contributed by atoms with Gasteiger partial charge < -0.3 is 15.2 Å². The van der Waals surface area contributed by atoms with Gasteiger partial charge in [-0.1, -0.05) is 6.07 Å². The molecule has 1 aromatic heterocycles. The lowest BCUT2D eigenvalue weighted by atomic mass is 10.0. The molecule has 2 saturated heterocycles. The Labute approximate surface area is 111 Å². The van der Waals surface area contributed by atoms with Crippen LogP contribution in [0.1, 0.15) is 16.8 Å². The Morgan fingerprint density at radius 3 is 3.16 bits per heavy atom. The SMILES string of the molecule is O=C(c1ccc2cc[nH]c2c1)N1CC[C@H]2CNC[C@H]21. The molecule has 98 valence electrons. The Balaban J connectivity index is 1.65. The number of H-pyrrole nitrogens is 1. The van der Waals surface area contributed by atoms with E-state index < -0.39 is 0 Å². The van der Waals surface area contributed by atoms with Gasteiger partial charge in [0.05, 0.1) is 0 Å². The van der Waals surface area contributed by atoms with E-state index in [-0.39, 0.29) is 5.91 Å². The number of carbonyl (C=O) groups excluding carboxylic acids is 1. The first-order valence-corrected chi connectivity index (χ1v) is 6.92. The number of hydrogen-bond acceptors (Lipinski definition) is 2. The maximum Gasteiger partial charge on any atom is 0.254 e. The summed E-state index contributed by atoms with van der Waals surface area (Å²) in [7, 11) is 0. The number of fused-ring (bicyclic) bond motifs is 2. The molecule has 2 N–H and O–H groups in total. The van der Waals surface area contributed by atoms with E-state index in [2.05, 4.69) is 15.2 Å². The number of likely N-dealkylation sites (tertiary alicyclic amines) is 1. The number of nitrogens with one attached hydrogen (secondary N) is 2. The minimum absolute atomic E-state index is 0.174. The van der Waals surface area contributed by atoms with Crippen LogP contribution in [0, 0.1) is 5.92 Å². The monoisotopic (exact) mass is 255 g/mol. The molecule has 1 amide bonds. The molecule has 19 heavy (non-hydrogen) atoms. The molecule has 2 aliphatic heterocycles. The Morgan fingerprint density at radius 2 is 2.21 bits per heavy atom. The molecule has 4 heteroatoms. The molecule has 1 aromatic carbocycles. The molecular formula is C15H17N3O. The summed E-state index contributed by atoms with van der Waals surface area (Å²) >= 11 is 0. The number of hydrogen-bond donors (Lipinski definition) is 2. The predicted octanol–water partition coefficient (Wildman–Crippen LogP) is 1.60. The number of nitrogens with zero attached hydrogens (tertiary/aromatic N) is 1. The highest BCUT2D eigenvalue weighted by atomic mass is 16.2. The largest absolute Gasteiger partial charge is 0.361 e. The Kier molecular flexibility index (Phi) is 2.38. The lowest BCUT2D eigenvalue weighted by Crippen LogP contribution is -2.39. The zero-order valence-electron chi connectivity index (χ0n) is 10.7. The number of rotatable bonds is 1. The summed E-state index contributed by atoms with van der Waals surface area (Å²) in [6.07, 6.45) is 3.04. The first kappa shape index (κ1) is 11.1. The van der Waals surface area contributed by atoms with Gasteiger partial charge in [-0.3, -0.25) is 4.79 Å². The number of benzene rings is 1. The van der Waals surface area contributed by atoms with E-state index in [4.69, 9.17) is 0 Å². The lowest BCUT2D eigenvalue weighted by molar-refractivity contribution is 0.0737. The molecule has 2 atom stereocenters. The van der Waals surface area contributed by atoms with Crippen LogP contribution < -0.4 is 5.32 Å². The van der Waals surface area contributed by atoms with Gasteiger partial charge in [-0.2, -0.15) is 0 Å². The maximum absolute atomic E-state index is 12.6. The highest BCUT2D eigenvalue weighted by Gasteiger charge is 2.40. The van der Waals surface area contributed by atoms with Gasteiger partial charge in [-0.25, -0.2) is 0 Å². The highest BCUT2D eigenvalue weighted by Crippen LogP contribution is 2.29. The molecule has 0 aliphatic carbocycles. The van der Waals surface area contributed by atoms with Crippen molar-refractivity contribution in [2.75, 3.05) is 19.6 Å². The highest BCUT2D eigenvalue weighted by molar-refractivity contribution is 5.98. The van der Waals surface area contributed by atoms with Gasteiger partial charge in [0, 0.05) is 43.0 Å². The fourth-order valence-corrected chi connectivity index (χ4v) is 3.45. The van der Waals surface area contributed by atoms with Gasteiger partial charge in [0.15, 0.2) is 0 Å². The van der Waals surface area contributed by atoms with Crippen LogP contribution in [0.15, 0.2) is 30.5 Å². The van der Waals surface area contributed by atoms with Crippen molar-refractivity contribution in [1.82, 2.24) is 15.2 Å². The van der Waals surface area contributed by atoms with E-state index in [9.17, 15) is 4.79 Å². The Hall–Kier alpha value is -1.81. The third kappa shape index (κ3) is 1.67. The summed E-state index contributed by atoms with van der Waals surface area (Å²) in [5.41, 5.74) is 1.83. The van der Waals surface area contributed by atoms with Crippen molar-refractivity contribution in [1.29, 1.82) is 0 Å². The van der Waals surface area contributed by atoms with E-state index in [0.29, 0.717) is 12.0 Å². The van der Waals surface area contributed by atoms with Crippen LogP contribution >= 0.6 is 0 Å². The molecule has 0 bridgehead atoms. The molecule has 2 aromatic rings. The van der Waals surface area contributed by atoms with Crippen molar-refractivity contribution < 1.29 is 4.79 Å². The van der Waals surface area contributed by atoms with Gasteiger partial charge in [0.1, 0.15) is 0 Å². The van der Waals surface area contributed by atoms with Crippen LogP contribution in [0.4, 0.5) is 0 Å². The molecule has 0 unspecified atom stereocenters. The van der Waals surface area contributed by atoms with E-state index in [1.165, 1.54) is 0 Å². The molecule has 3 heterocycles. The second-order valence-corrected chi connectivity index (χ2v) is 5.55. The normalized spacial score (nSPS) is 26.0. The first-order valence-electron chi connectivity index (χ1n) is 6.92. The number of carbonyl (C=O) groups is 1. The fourth-order valence-electron chi connectivity index (χ4n) is 3.45. The van der Waals surface area contributed by atoms with Crippen molar-refractivity contribution in [2.24, 2.45) is 5.92 Å². The van der Waals surface area contributed by atoms with Gasteiger partial charge in [-0.05, 0) is 35.9 Å². The third-order valence-corrected chi connectivity index (χ3v) is 4.51. The zero-order valence-corrected chi connectivity index (χ0v) is 10.7. The van der Waals surface area contributed by atoms with Crippen LogP contribution in [0.25, 0.3) is 10.9 Å². The van der Waals surface area contributed by atoms with Crippen molar-refractivity contribution in [2.45, 2.75) is 12.5 Å². The minimum Gasteiger partial charge on any atom is -0.361 e. The molecule has 0 saturated carbocycles. The maximum atomic E-state index is 12.6. The number of amides is 1. The van der Waals surface area contributed by atoms with Gasteiger partial charge in [0.2, 0.25) is 0 Å². The standard InChI is InChI=1S/C15H17N3O/c19-15(18-6-4-12-8-16-9-14(12)18)11-2-1-10-3-5-17-13(10)7-11/h1-3,5,7,12,14,16-17H,4,6,8-9H2/t12-,14+/m0/s1. The predicted molar refractivity (Wildman–Crippen MR) is 74.1 cm³/mol. The molecule has 2 aliphatic rings. The first-order chi connectivity index (χ1) is 9.33.